The van der Waals surface area contributed by atoms with E-state index >= 15 is 0 Å². The lowest BCUT2D eigenvalue weighted by Crippen LogP contribution is -2.36. The second-order valence-corrected chi connectivity index (χ2v) is 4.61. The molecule has 110 valence electrons. The fourth-order valence-electron chi connectivity index (χ4n) is 2.10. The van der Waals surface area contributed by atoms with Gasteiger partial charge in [0, 0.05) is 31.9 Å². The number of hydrogen-bond acceptors (Lipinski definition) is 5. The van der Waals surface area contributed by atoms with Gasteiger partial charge in [0.2, 0.25) is 0 Å². The molecular weight excluding hydrogens is 258 g/mol. The van der Waals surface area contributed by atoms with Crippen LogP contribution in [-0.2, 0) is 16.0 Å². The normalized spacial score (nSPS) is 15.1. The number of anilines is 1. The van der Waals surface area contributed by atoms with Crippen molar-refractivity contribution >= 4 is 11.8 Å². The molecule has 6 nitrogen and oxygen atoms in total. The van der Waals surface area contributed by atoms with Gasteiger partial charge in [-0.1, -0.05) is 12.1 Å². The smallest absolute Gasteiger partial charge is 0.404 e. The number of carbonyl (C=O) groups excluding carboxylic acids is 1. The third kappa shape index (κ3) is 4.71. The van der Waals surface area contributed by atoms with E-state index in [4.69, 9.17) is 10.5 Å². The quantitative estimate of drug-likeness (QED) is 0.750. The van der Waals surface area contributed by atoms with Crippen LogP contribution in [0.4, 0.5) is 10.5 Å². The summed E-state index contributed by atoms with van der Waals surface area (Å²) in [6, 6.07) is 8.46. The molecule has 0 bridgehead atoms. The van der Waals surface area contributed by atoms with E-state index < -0.39 is 6.09 Å². The number of rotatable bonds is 6. The maximum Gasteiger partial charge on any atom is 0.404 e. The Balaban J connectivity index is 1.72. The van der Waals surface area contributed by atoms with Gasteiger partial charge in [-0.2, -0.15) is 0 Å². The highest BCUT2D eigenvalue weighted by atomic mass is 16.5. The Morgan fingerprint density at radius 3 is 2.65 bits per heavy atom. The zero-order chi connectivity index (χ0) is 14.2. The molecule has 2 rings (SSSR count). The molecule has 1 fully saturated rings. The third-order valence-electron chi connectivity index (χ3n) is 3.16. The minimum atomic E-state index is -0.735. The minimum absolute atomic E-state index is 0.293. The van der Waals surface area contributed by atoms with Crippen LogP contribution in [0, 0.1) is 0 Å². The van der Waals surface area contributed by atoms with Crippen LogP contribution in [0.1, 0.15) is 5.56 Å². The summed E-state index contributed by atoms with van der Waals surface area (Å²) in [7, 11) is 0. The second-order valence-electron chi connectivity index (χ2n) is 4.61. The summed E-state index contributed by atoms with van der Waals surface area (Å²) in [5, 5.41) is 3.19. The Morgan fingerprint density at radius 2 is 2.00 bits per heavy atom. The number of nitrogens with zero attached hydrogens (tertiary/aromatic N) is 1. The zero-order valence-electron chi connectivity index (χ0n) is 11.5. The molecule has 0 radical (unpaired) electrons. The average molecular weight is 279 g/mol. The van der Waals surface area contributed by atoms with Gasteiger partial charge in [-0.05, 0) is 17.7 Å². The van der Waals surface area contributed by atoms with Gasteiger partial charge in [0.15, 0.2) is 0 Å². The highest BCUT2D eigenvalue weighted by Gasteiger charge is 2.10. The maximum absolute atomic E-state index is 10.4. The molecule has 1 heterocycles. The fourth-order valence-corrected chi connectivity index (χ4v) is 2.10. The van der Waals surface area contributed by atoms with Crippen LogP contribution in [-0.4, -0.2) is 45.5 Å². The van der Waals surface area contributed by atoms with Gasteiger partial charge in [0.1, 0.15) is 6.61 Å². The first-order valence-electron chi connectivity index (χ1n) is 6.80. The largest absolute Gasteiger partial charge is 0.448 e. The molecule has 0 aliphatic carbocycles. The minimum Gasteiger partial charge on any atom is -0.448 e. The number of nitrogens with two attached hydrogens (primary N) is 1. The molecule has 1 aromatic rings. The zero-order valence-corrected chi connectivity index (χ0v) is 11.5. The number of primary amides is 1. The highest BCUT2D eigenvalue weighted by molar-refractivity contribution is 5.64. The van der Waals surface area contributed by atoms with Crippen LogP contribution in [0.3, 0.4) is 0 Å². The Kier molecular flexibility index (Phi) is 5.64. The van der Waals surface area contributed by atoms with Crippen LogP contribution < -0.4 is 16.0 Å². The molecule has 1 saturated heterocycles. The van der Waals surface area contributed by atoms with Crippen molar-refractivity contribution in [3.8, 4) is 0 Å². The van der Waals surface area contributed by atoms with E-state index in [0.29, 0.717) is 13.2 Å². The summed E-state index contributed by atoms with van der Waals surface area (Å²) in [5.74, 6) is 0. The predicted octanol–water partition coefficient (Wildman–Crippen LogP) is 0.708. The van der Waals surface area contributed by atoms with Gasteiger partial charge in [-0.15, -0.1) is 0 Å². The van der Waals surface area contributed by atoms with Gasteiger partial charge in [-0.3, -0.25) is 0 Å². The Labute approximate surface area is 118 Å². The summed E-state index contributed by atoms with van der Waals surface area (Å²) in [5.41, 5.74) is 7.30. The monoisotopic (exact) mass is 279 g/mol. The molecule has 20 heavy (non-hydrogen) atoms. The van der Waals surface area contributed by atoms with E-state index in [1.54, 1.807) is 0 Å². The maximum atomic E-state index is 10.4. The molecule has 3 N–H and O–H groups in total. The van der Waals surface area contributed by atoms with Gasteiger partial charge in [-0.25, -0.2) is 4.79 Å². The van der Waals surface area contributed by atoms with Gasteiger partial charge >= 0.3 is 6.09 Å². The lowest BCUT2D eigenvalue weighted by molar-refractivity contribution is 0.122. The third-order valence-corrected chi connectivity index (χ3v) is 3.16. The molecule has 1 aromatic carbocycles. The van der Waals surface area contributed by atoms with Crippen molar-refractivity contribution in [2.75, 3.05) is 44.4 Å². The standard InChI is InChI=1S/C14H21N3O3/c15-14(18)20-8-5-16-11-12-1-3-13(4-2-12)17-6-9-19-10-7-17/h1-4,16H,5-11H2,(H2,15,18). The fraction of sp³-hybridized carbons (Fsp3) is 0.500. The highest BCUT2D eigenvalue weighted by Crippen LogP contribution is 2.16. The Morgan fingerprint density at radius 1 is 1.30 bits per heavy atom. The van der Waals surface area contributed by atoms with Crippen LogP contribution >= 0.6 is 0 Å². The van der Waals surface area contributed by atoms with Crippen molar-refractivity contribution in [2.24, 2.45) is 5.73 Å². The predicted molar refractivity (Wildman–Crippen MR) is 76.7 cm³/mol. The number of ether oxygens (including phenoxy) is 2. The molecule has 1 aliphatic rings. The van der Waals surface area contributed by atoms with Crippen LogP contribution in [0.15, 0.2) is 24.3 Å². The molecule has 0 spiro atoms. The van der Waals surface area contributed by atoms with E-state index in [1.807, 2.05) is 0 Å². The summed E-state index contributed by atoms with van der Waals surface area (Å²) < 4.78 is 9.98. The summed E-state index contributed by atoms with van der Waals surface area (Å²) in [6.45, 7) is 5.11. The molecule has 1 amide bonds. The topological polar surface area (TPSA) is 76.8 Å². The number of nitrogens with one attached hydrogen (secondary N) is 1. The van der Waals surface area contributed by atoms with E-state index in [1.165, 1.54) is 11.3 Å². The van der Waals surface area contributed by atoms with E-state index in [2.05, 4.69) is 39.2 Å². The first kappa shape index (κ1) is 14.6. The van der Waals surface area contributed by atoms with E-state index in [9.17, 15) is 4.79 Å². The second kappa shape index (κ2) is 7.72. The van der Waals surface area contributed by atoms with Crippen LogP contribution in [0.5, 0.6) is 0 Å². The summed E-state index contributed by atoms with van der Waals surface area (Å²) in [4.78, 5) is 12.7. The van der Waals surface area contributed by atoms with Crippen molar-refractivity contribution < 1.29 is 14.3 Å². The number of benzene rings is 1. The Bertz CT molecular complexity index is 416. The molecular formula is C14H21N3O3. The van der Waals surface area contributed by atoms with Crippen molar-refractivity contribution in [1.82, 2.24) is 5.32 Å². The van der Waals surface area contributed by atoms with Crippen molar-refractivity contribution in [3.63, 3.8) is 0 Å². The molecule has 0 unspecified atom stereocenters. The molecule has 6 heteroatoms. The van der Waals surface area contributed by atoms with E-state index in [-0.39, 0.29) is 0 Å². The summed E-state index contributed by atoms with van der Waals surface area (Å²) >= 11 is 0. The molecule has 0 saturated carbocycles. The van der Waals surface area contributed by atoms with Crippen molar-refractivity contribution in [3.05, 3.63) is 29.8 Å². The number of morpholine rings is 1. The molecule has 0 aromatic heterocycles. The average Bonchev–Trinajstić information content (AvgIpc) is 2.48. The lowest BCUT2D eigenvalue weighted by Gasteiger charge is -2.28. The SMILES string of the molecule is NC(=O)OCCNCc1ccc(N2CCOCC2)cc1. The lowest BCUT2D eigenvalue weighted by atomic mass is 10.2. The first-order chi connectivity index (χ1) is 9.75. The first-order valence-corrected chi connectivity index (χ1v) is 6.80. The van der Waals surface area contributed by atoms with Crippen LogP contribution in [0.2, 0.25) is 0 Å². The number of amides is 1. The molecule has 1 aliphatic heterocycles. The number of carbonyl (C=O) groups is 1. The summed E-state index contributed by atoms with van der Waals surface area (Å²) in [6.07, 6.45) is -0.735. The van der Waals surface area contributed by atoms with E-state index in [0.717, 1.165) is 32.8 Å². The Hall–Kier alpha value is -1.79. The van der Waals surface area contributed by atoms with Gasteiger partial charge in [0.25, 0.3) is 0 Å². The van der Waals surface area contributed by atoms with Gasteiger partial charge in [0.05, 0.1) is 13.2 Å². The van der Waals surface area contributed by atoms with Crippen molar-refractivity contribution in [2.45, 2.75) is 6.54 Å². The molecule has 0 atom stereocenters. The van der Waals surface area contributed by atoms with Gasteiger partial charge < -0.3 is 25.4 Å². The number of hydrogen-bond donors (Lipinski definition) is 2. The van der Waals surface area contributed by atoms with Crippen molar-refractivity contribution in [1.29, 1.82) is 0 Å². The van der Waals surface area contributed by atoms with Crippen LogP contribution in [0.25, 0.3) is 0 Å².